The van der Waals surface area contributed by atoms with Crippen LogP contribution in [-0.4, -0.2) is 35.6 Å². The van der Waals surface area contributed by atoms with Crippen molar-refractivity contribution in [3.8, 4) is 0 Å². The molecule has 0 bridgehead atoms. The van der Waals surface area contributed by atoms with Gasteiger partial charge in [0.05, 0.1) is 34.7 Å². The highest BCUT2D eigenvalue weighted by Gasteiger charge is 2.31. The molecular formula is C17H19ClFN3O3S. The van der Waals surface area contributed by atoms with E-state index in [2.05, 4.69) is 10.4 Å². The number of benzene rings is 1. The molecule has 1 saturated heterocycles. The minimum atomic E-state index is -3.02. The lowest BCUT2D eigenvalue weighted by Crippen LogP contribution is -2.16. The van der Waals surface area contributed by atoms with Crippen molar-refractivity contribution in [1.82, 2.24) is 9.78 Å². The van der Waals surface area contributed by atoms with E-state index in [1.807, 2.05) is 6.92 Å². The zero-order valence-electron chi connectivity index (χ0n) is 14.4. The fourth-order valence-corrected chi connectivity index (χ4v) is 5.09. The molecular weight excluding hydrogens is 381 g/mol. The second-order valence-corrected chi connectivity index (χ2v) is 9.14. The average Bonchev–Trinajstić information content (AvgIpc) is 3.04. The Morgan fingerprint density at radius 3 is 2.77 bits per heavy atom. The van der Waals surface area contributed by atoms with Crippen LogP contribution in [0.5, 0.6) is 0 Å². The molecule has 3 rings (SSSR count). The van der Waals surface area contributed by atoms with Gasteiger partial charge < -0.3 is 5.32 Å². The summed E-state index contributed by atoms with van der Waals surface area (Å²) >= 11 is 5.72. The summed E-state index contributed by atoms with van der Waals surface area (Å²) < 4.78 is 38.3. The van der Waals surface area contributed by atoms with E-state index >= 15 is 0 Å². The van der Waals surface area contributed by atoms with Crippen LogP contribution >= 0.6 is 11.6 Å². The van der Waals surface area contributed by atoms with E-state index in [1.54, 1.807) is 11.6 Å². The summed E-state index contributed by atoms with van der Waals surface area (Å²) in [4.78, 5) is 12.3. The van der Waals surface area contributed by atoms with Gasteiger partial charge >= 0.3 is 0 Å². The molecule has 1 N–H and O–H groups in total. The maximum atomic E-state index is 13.2. The molecule has 2 aromatic rings. The Balaban J connectivity index is 1.75. The van der Waals surface area contributed by atoms with Crippen LogP contribution in [0.15, 0.2) is 18.2 Å². The van der Waals surface area contributed by atoms with Crippen LogP contribution in [-0.2, 0) is 21.1 Å². The number of sulfone groups is 1. The molecule has 0 spiro atoms. The fourth-order valence-electron chi connectivity index (χ4n) is 3.22. The molecule has 1 aromatic carbocycles. The molecule has 1 fully saturated rings. The smallest absolute Gasteiger partial charge is 0.228 e. The Labute approximate surface area is 156 Å². The molecule has 1 aliphatic rings. The number of carbonyl (C=O) groups is 1. The van der Waals surface area contributed by atoms with Crippen molar-refractivity contribution >= 4 is 33.0 Å². The molecule has 1 aliphatic heterocycles. The third kappa shape index (κ3) is 3.91. The fraction of sp³-hybridized carbons (Fsp3) is 0.412. The molecule has 1 amide bonds. The zero-order valence-corrected chi connectivity index (χ0v) is 16.0. The summed E-state index contributed by atoms with van der Waals surface area (Å²) in [5.41, 5.74) is 2.65. The van der Waals surface area contributed by atoms with Crippen LogP contribution in [0.2, 0.25) is 5.02 Å². The van der Waals surface area contributed by atoms with Crippen LogP contribution < -0.4 is 5.32 Å². The number of aryl methyl sites for hydroxylation is 1. The first-order valence-corrected chi connectivity index (χ1v) is 10.4. The molecule has 1 aromatic heterocycles. The number of nitrogens with zero attached hydrogens (tertiary/aromatic N) is 2. The molecule has 26 heavy (non-hydrogen) atoms. The van der Waals surface area contributed by atoms with Crippen LogP contribution in [0.25, 0.3) is 0 Å². The number of aromatic nitrogens is 2. The first kappa shape index (κ1) is 18.8. The van der Waals surface area contributed by atoms with Gasteiger partial charge in [-0.25, -0.2) is 12.8 Å². The number of hydrogen-bond acceptors (Lipinski definition) is 4. The molecule has 0 unspecified atom stereocenters. The van der Waals surface area contributed by atoms with Gasteiger partial charge in [0.1, 0.15) is 5.82 Å². The normalized spacial score (nSPS) is 18.8. The van der Waals surface area contributed by atoms with E-state index in [-0.39, 0.29) is 34.9 Å². The second-order valence-electron chi connectivity index (χ2n) is 6.50. The molecule has 0 aliphatic carbocycles. The summed E-state index contributed by atoms with van der Waals surface area (Å²) in [5, 5.41) is 7.06. The zero-order chi connectivity index (χ0) is 19.1. The topological polar surface area (TPSA) is 81.1 Å². The molecule has 2 heterocycles. The predicted molar refractivity (Wildman–Crippen MR) is 97.8 cm³/mol. The highest BCUT2D eigenvalue weighted by Crippen LogP contribution is 2.27. The lowest BCUT2D eigenvalue weighted by atomic mass is 10.1. The summed E-state index contributed by atoms with van der Waals surface area (Å²) in [7, 11) is -3.02. The van der Waals surface area contributed by atoms with Gasteiger partial charge in [0.25, 0.3) is 0 Å². The second kappa shape index (κ2) is 7.00. The largest absolute Gasteiger partial charge is 0.326 e. The minimum absolute atomic E-state index is 0.0644. The average molecular weight is 400 g/mol. The van der Waals surface area contributed by atoms with Crippen LogP contribution in [0.1, 0.15) is 29.4 Å². The minimum Gasteiger partial charge on any atom is -0.326 e. The van der Waals surface area contributed by atoms with Gasteiger partial charge in [-0.1, -0.05) is 11.6 Å². The Hall–Kier alpha value is -1.93. The van der Waals surface area contributed by atoms with E-state index in [4.69, 9.17) is 11.6 Å². The summed E-state index contributed by atoms with van der Waals surface area (Å²) in [6, 6.07) is 3.78. The van der Waals surface area contributed by atoms with Crippen molar-refractivity contribution in [1.29, 1.82) is 0 Å². The molecule has 6 nitrogen and oxygen atoms in total. The summed E-state index contributed by atoms with van der Waals surface area (Å²) in [6.07, 6.45) is 0.621. The molecule has 0 radical (unpaired) electrons. The number of hydrogen-bond donors (Lipinski definition) is 1. The predicted octanol–water partition coefficient (Wildman–Crippen LogP) is 2.83. The number of halogens is 2. The van der Waals surface area contributed by atoms with Gasteiger partial charge in [-0.2, -0.15) is 5.10 Å². The van der Waals surface area contributed by atoms with Gasteiger partial charge in [0.15, 0.2) is 9.84 Å². The Bertz CT molecular complexity index is 972. The third-order valence-corrected chi connectivity index (χ3v) is 6.61. The van der Waals surface area contributed by atoms with Crippen molar-refractivity contribution in [3.63, 3.8) is 0 Å². The maximum absolute atomic E-state index is 13.2. The molecule has 0 saturated carbocycles. The van der Waals surface area contributed by atoms with E-state index in [9.17, 15) is 17.6 Å². The van der Waals surface area contributed by atoms with E-state index in [1.165, 1.54) is 18.2 Å². The number of nitrogens with one attached hydrogen (secondary N) is 1. The van der Waals surface area contributed by atoms with Gasteiger partial charge in [-0.3, -0.25) is 9.48 Å². The SMILES string of the molecule is Cc1nn([C@H]2CCS(=O)(=O)C2)c(C)c1CC(=O)Nc1ccc(F)c(Cl)c1. The van der Waals surface area contributed by atoms with Crippen molar-refractivity contribution in [2.75, 3.05) is 16.8 Å². The first-order valence-electron chi connectivity index (χ1n) is 8.16. The standard InChI is InChI=1S/C17H19ClFN3O3S/c1-10-14(8-17(23)20-12-3-4-16(19)15(18)7-12)11(2)22(21-10)13-5-6-26(24,25)9-13/h3-4,7,13H,5-6,8-9H2,1-2H3,(H,20,23)/t13-/m0/s1. The van der Waals surface area contributed by atoms with Gasteiger partial charge in [0.2, 0.25) is 5.91 Å². The number of rotatable bonds is 4. The number of amides is 1. The molecule has 1 atom stereocenters. The lowest BCUT2D eigenvalue weighted by Gasteiger charge is -2.11. The number of anilines is 1. The van der Waals surface area contributed by atoms with Crippen molar-refractivity contribution in [2.24, 2.45) is 0 Å². The summed E-state index contributed by atoms with van der Waals surface area (Å²) in [6.45, 7) is 3.63. The monoisotopic (exact) mass is 399 g/mol. The van der Waals surface area contributed by atoms with E-state index in [0.29, 0.717) is 17.8 Å². The van der Waals surface area contributed by atoms with Crippen LogP contribution in [0.4, 0.5) is 10.1 Å². The molecule has 9 heteroatoms. The third-order valence-electron chi connectivity index (χ3n) is 4.57. The van der Waals surface area contributed by atoms with Gasteiger partial charge in [0, 0.05) is 16.9 Å². The Morgan fingerprint density at radius 2 is 2.15 bits per heavy atom. The van der Waals surface area contributed by atoms with Gasteiger partial charge in [-0.15, -0.1) is 0 Å². The van der Waals surface area contributed by atoms with Crippen molar-refractivity contribution in [2.45, 2.75) is 32.7 Å². The Morgan fingerprint density at radius 1 is 1.42 bits per heavy atom. The van der Waals surface area contributed by atoms with Crippen LogP contribution in [0, 0.1) is 19.7 Å². The maximum Gasteiger partial charge on any atom is 0.228 e. The highest BCUT2D eigenvalue weighted by atomic mass is 35.5. The van der Waals surface area contributed by atoms with E-state index in [0.717, 1.165) is 11.3 Å². The lowest BCUT2D eigenvalue weighted by molar-refractivity contribution is -0.115. The first-order chi connectivity index (χ1) is 12.2. The van der Waals surface area contributed by atoms with Crippen molar-refractivity contribution in [3.05, 3.63) is 46.0 Å². The quantitative estimate of drug-likeness (QED) is 0.857. The number of carbonyl (C=O) groups excluding carboxylic acids is 1. The van der Waals surface area contributed by atoms with E-state index < -0.39 is 15.7 Å². The van der Waals surface area contributed by atoms with Crippen LogP contribution in [0.3, 0.4) is 0 Å². The highest BCUT2D eigenvalue weighted by molar-refractivity contribution is 7.91. The van der Waals surface area contributed by atoms with Gasteiger partial charge in [-0.05, 0) is 38.5 Å². The Kier molecular flexibility index (Phi) is 5.07. The summed E-state index contributed by atoms with van der Waals surface area (Å²) in [5.74, 6) is -0.590. The molecule has 140 valence electrons. The van der Waals surface area contributed by atoms with Crippen molar-refractivity contribution < 1.29 is 17.6 Å².